The van der Waals surface area contributed by atoms with Gasteiger partial charge in [-0.25, -0.2) is 9.98 Å². The van der Waals surface area contributed by atoms with Crippen molar-refractivity contribution in [1.82, 2.24) is 30.0 Å². The van der Waals surface area contributed by atoms with Crippen molar-refractivity contribution in [1.29, 1.82) is 0 Å². The maximum absolute atomic E-state index is 5.15. The molecular weight excluding hydrogens is 501 g/mol. The molecule has 0 spiro atoms. The van der Waals surface area contributed by atoms with E-state index in [-0.39, 0.29) is 24.0 Å². The Labute approximate surface area is 194 Å². The SMILES string of the molecule is COCCCNC(=NCc1nnc(C)n1C)N(C)Cc1nc2c(s1)CCCC2.I. The molecule has 29 heavy (non-hydrogen) atoms. The van der Waals surface area contributed by atoms with E-state index >= 15 is 0 Å². The van der Waals surface area contributed by atoms with Crippen molar-refractivity contribution in [2.75, 3.05) is 27.3 Å². The minimum atomic E-state index is 0. The predicted molar refractivity (Wildman–Crippen MR) is 127 cm³/mol. The summed E-state index contributed by atoms with van der Waals surface area (Å²) in [7, 11) is 5.75. The third-order valence-corrected chi connectivity index (χ3v) is 6.13. The van der Waals surface area contributed by atoms with Crippen LogP contribution in [0, 0.1) is 6.92 Å². The largest absolute Gasteiger partial charge is 0.385 e. The quantitative estimate of drug-likeness (QED) is 0.243. The predicted octanol–water partition coefficient (Wildman–Crippen LogP) is 2.69. The van der Waals surface area contributed by atoms with Crippen LogP contribution in [0.4, 0.5) is 0 Å². The van der Waals surface area contributed by atoms with Gasteiger partial charge in [0.25, 0.3) is 0 Å². The molecule has 1 aliphatic rings. The molecule has 162 valence electrons. The average molecular weight is 533 g/mol. The van der Waals surface area contributed by atoms with Gasteiger partial charge in [-0.1, -0.05) is 0 Å². The Morgan fingerprint density at radius 1 is 1.31 bits per heavy atom. The molecule has 2 heterocycles. The number of thiazole rings is 1. The normalized spacial score (nSPS) is 13.7. The van der Waals surface area contributed by atoms with Gasteiger partial charge in [-0.05, 0) is 39.0 Å². The molecule has 0 fully saturated rings. The van der Waals surface area contributed by atoms with Crippen LogP contribution in [-0.2, 0) is 37.7 Å². The lowest BCUT2D eigenvalue weighted by atomic mass is 10.0. The number of guanidine groups is 1. The van der Waals surface area contributed by atoms with Crippen LogP contribution in [0.1, 0.15) is 46.5 Å². The van der Waals surface area contributed by atoms with Gasteiger partial charge in [0.05, 0.1) is 12.2 Å². The number of nitrogens with one attached hydrogen (secondary N) is 1. The second-order valence-electron chi connectivity index (χ2n) is 7.18. The van der Waals surface area contributed by atoms with Gasteiger partial charge in [-0.15, -0.1) is 45.5 Å². The third kappa shape index (κ3) is 6.61. The Morgan fingerprint density at radius 2 is 2.10 bits per heavy atom. The Balaban J connectivity index is 0.00000300. The zero-order valence-corrected chi connectivity index (χ0v) is 20.9. The highest BCUT2D eigenvalue weighted by Gasteiger charge is 2.17. The van der Waals surface area contributed by atoms with Crippen molar-refractivity contribution in [3.8, 4) is 0 Å². The van der Waals surface area contributed by atoms with Crippen molar-refractivity contribution in [3.63, 3.8) is 0 Å². The number of hydrogen-bond donors (Lipinski definition) is 1. The van der Waals surface area contributed by atoms with E-state index in [0.717, 1.165) is 55.2 Å². The fourth-order valence-electron chi connectivity index (χ4n) is 3.21. The Kier molecular flexibility index (Phi) is 9.76. The summed E-state index contributed by atoms with van der Waals surface area (Å²) in [4.78, 5) is 13.3. The Hall–Kier alpha value is -1.27. The van der Waals surface area contributed by atoms with Gasteiger partial charge < -0.3 is 19.5 Å². The summed E-state index contributed by atoms with van der Waals surface area (Å²) in [6.07, 6.45) is 5.78. The smallest absolute Gasteiger partial charge is 0.194 e. The molecule has 2 aromatic rings. The maximum Gasteiger partial charge on any atom is 0.194 e. The van der Waals surface area contributed by atoms with E-state index < -0.39 is 0 Å². The van der Waals surface area contributed by atoms with Crippen LogP contribution < -0.4 is 5.32 Å². The number of aryl methyl sites for hydroxylation is 3. The molecule has 0 saturated heterocycles. The van der Waals surface area contributed by atoms with Crippen LogP contribution in [0.5, 0.6) is 0 Å². The lowest BCUT2D eigenvalue weighted by Crippen LogP contribution is -2.39. The van der Waals surface area contributed by atoms with E-state index in [9.17, 15) is 0 Å². The van der Waals surface area contributed by atoms with Crippen molar-refractivity contribution in [2.24, 2.45) is 12.0 Å². The molecule has 0 atom stereocenters. The highest BCUT2D eigenvalue weighted by molar-refractivity contribution is 14.0. The molecule has 0 aliphatic heterocycles. The van der Waals surface area contributed by atoms with E-state index in [2.05, 4.69) is 27.5 Å². The Bertz CT molecular complexity index is 781. The highest BCUT2D eigenvalue weighted by atomic mass is 127. The van der Waals surface area contributed by atoms with Crippen molar-refractivity contribution in [2.45, 2.75) is 52.1 Å². The third-order valence-electron chi connectivity index (χ3n) is 4.99. The second-order valence-corrected chi connectivity index (χ2v) is 8.34. The number of ether oxygens (including phenoxy) is 1. The number of methoxy groups -OCH3 is 1. The lowest BCUT2D eigenvalue weighted by molar-refractivity contribution is 0.195. The zero-order chi connectivity index (χ0) is 19.9. The first-order chi connectivity index (χ1) is 13.6. The van der Waals surface area contributed by atoms with Crippen LogP contribution in [0.25, 0.3) is 0 Å². The van der Waals surface area contributed by atoms with Crippen LogP contribution in [-0.4, -0.2) is 57.9 Å². The molecule has 1 N–H and O–H groups in total. The topological polar surface area (TPSA) is 80.5 Å². The molecule has 10 heteroatoms. The molecular formula is C19H32IN7OS. The van der Waals surface area contributed by atoms with Crippen LogP contribution in [0.2, 0.25) is 0 Å². The molecule has 0 aromatic carbocycles. The van der Waals surface area contributed by atoms with Gasteiger partial charge in [-0.2, -0.15) is 0 Å². The molecule has 3 rings (SSSR count). The van der Waals surface area contributed by atoms with E-state index in [1.165, 1.54) is 29.8 Å². The molecule has 2 aromatic heterocycles. The molecule has 0 radical (unpaired) electrons. The van der Waals surface area contributed by atoms with E-state index in [0.29, 0.717) is 6.54 Å². The minimum absolute atomic E-state index is 0. The summed E-state index contributed by atoms with van der Waals surface area (Å²) >= 11 is 1.85. The first-order valence-corrected chi connectivity index (χ1v) is 10.7. The molecule has 0 saturated carbocycles. The Morgan fingerprint density at radius 3 is 2.79 bits per heavy atom. The monoisotopic (exact) mass is 533 g/mol. The van der Waals surface area contributed by atoms with Gasteiger partial charge in [0.2, 0.25) is 0 Å². The summed E-state index contributed by atoms with van der Waals surface area (Å²) in [6.45, 7) is 4.73. The zero-order valence-electron chi connectivity index (χ0n) is 17.8. The summed E-state index contributed by atoms with van der Waals surface area (Å²) in [6, 6.07) is 0. The summed E-state index contributed by atoms with van der Waals surface area (Å²) < 4.78 is 7.12. The number of aliphatic imine (C=N–C) groups is 1. The molecule has 1 aliphatic carbocycles. The minimum Gasteiger partial charge on any atom is -0.385 e. The van der Waals surface area contributed by atoms with Gasteiger partial charge in [-0.3, -0.25) is 0 Å². The molecule has 0 amide bonds. The van der Waals surface area contributed by atoms with Crippen molar-refractivity contribution >= 4 is 41.3 Å². The summed E-state index contributed by atoms with van der Waals surface area (Å²) in [5.74, 6) is 2.60. The summed E-state index contributed by atoms with van der Waals surface area (Å²) in [5.41, 5.74) is 1.31. The van der Waals surface area contributed by atoms with Crippen LogP contribution in [0.15, 0.2) is 4.99 Å². The number of rotatable bonds is 8. The van der Waals surface area contributed by atoms with Crippen molar-refractivity contribution < 1.29 is 4.74 Å². The first-order valence-electron chi connectivity index (χ1n) is 9.89. The fourth-order valence-corrected chi connectivity index (χ4v) is 4.42. The number of aromatic nitrogens is 4. The second kappa shape index (κ2) is 11.8. The maximum atomic E-state index is 5.15. The van der Waals surface area contributed by atoms with Gasteiger partial charge in [0, 0.05) is 39.2 Å². The van der Waals surface area contributed by atoms with E-state index in [1.54, 1.807) is 7.11 Å². The fraction of sp³-hybridized carbons (Fsp3) is 0.684. The molecule has 0 bridgehead atoms. The number of halogens is 1. The highest BCUT2D eigenvalue weighted by Crippen LogP contribution is 2.27. The van der Waals surface area contributed by atoms with Crippen LogP contribution >= 0.6 is 35.3 Å². The van der Waals surface area contributed by atoms with Crippen LogP contribution in [0.3, 0.4) is 0 Å². The van der Waals surface area contributed by atoms with Gasteiger partial charge >= 0.3 is 0 Å². The number of nitrogens with zero attached hydrogens (tertiary/aromatic N) is 6. The average Bonchev–Trinajstić information content (AvgIpc) is 3.24. The van der Waals surface area contributed by atoms with Gasteiger partial charge in [0.15, 0.2) is 11.8 Å². The van der Waals surface area contributed by atoms with Gasteiger partial charge in [0.1, 0.15) is 17.4 Å². The molecule has 0 unspecified atom stereocenters. The standard InChI is InChI=1S/C19H31N7OS.HI/c1-14-23-24-17(26(14)3)12-21-19(20-10-7-11-27-4)25(2)13-18-22-15-8-5-6-9-16(15)28-18;/h5-13H2,1-4H3,(H,20,21);1H. The number of fused-ring (bicyclic) bond motifs is 1. The molecule has 8 nitrogen and oxygen atoms in total. The van der Waals surface area contributed by atoms with E-state index in [4.69, 9.17) is 14.7 Å². The first kappa shape index (κ1) is 24.0. The van der Waals surface area contributed by atoms with Crippen molar-refractivity contribution in [3.05, 3.63) is 27.2 Å². The van der Waals surface area contributed by atoms with E-state index in [1.807, 2.05) is 29.9 Å². The number of hydrogen-bond acceptors (Lipinski definition) is 6. The summed E-state index contributed by atoms with van der Waals surface area (Å²) in [5, 5.41) is 12.9. The lowest BCUT2D eigenvalue weighted by Gasteiger charge is -2.21.